The van der Waals surface area contributed by atoms with E-state index in [4.69, 9.17) is 17.2 Å². The fraction of sp³-hybridized carbons (Fsp3) is 0.393. The van der Waals surface area contributed by atoms with Crippen molar-refractivity contribution in [1.82, 2.24) is 16.0 Å². The molecule has 0 radical (unpaired) electrons. The third-order valence-electron chi connectivity index (χ3n) is 6.24. The Morgan fingerprint density at radius 3 is 1.88 bits per heavy atom. The average molecular weight is 571 g/mol. The Balaban J connectivity index is 2.19. The molecule has 0 heterocycles. The molecule has 0 saturated carbocycles. The fourth-order valence-electron chi connectivity index (χ4n) is 4.02. The zero-order chi connectivity index (χ0) is 30.4. The van der Waals surface area contributed by atoms with E-state index in [0.29, 0.717) is 30.5 Å². The van der Waals surface area contributed by atoms with Gasteiger partial charge in [-0.1, -0.05) is 42.5 Å². The van der Waals surface area contributed by atoms with Crippen LogP contribution in [-0.4, -0.2) is 70.5 Å². The van der Waals surface area contributed by atoms with Gasteiger partial charge in [-0.15, -0.1) is 0 Å². The van der Waals surface area contributed by atoms with Crippen molar-refractivity contribution in [2.24, 2.45) is 17.2 Å². The number of nitrogens with one attached hydrogen (secondary N) is 3. The summed E-state index contributed by atoms with van der Waals surface area (Å²) in [6.07, 6.45) is 0.708. The molecule has 41 heavy (non-hydrogen) atoms. The van der Waals surface area contributed by atoms with Crippen LogP contribution < -0.4 is 33.2 Å². The molecular formula is C28H38N6O7. The summed E-state index contributed by atoms with van der Waals surface area (Å²) in [6, 6.07) is 9.77. The van der Waals surface area contributed by atoms with Gasteiger partial charge in [0.2, 0.25) is 23.6 Å². The number of hydrogen-bond acceptors (Lipinski definition) is 8. The van der Waals surface area contributed by atoms with Gasteiger partial charge in [0, 0.05) is 6.42 Å². The van der Waals surface area contributed by atoms with Gasteiger partial charge in [-0.25, -0.2) is 4.79 Å². The van der Waals surface area contributed by atoms with Crippen molar-refractivity contribution in [3.63, 3.8) is 0 Å². The predicted molar refractivity (Wildman–Crippen MR) is 150 cm³/mol. The van der Waals surface area contributed by atoms with Gasteiger partial charge in [-0.3, -0.25) is 19.2 Å². The van der Waals surface area contributed by atoms with Gasteiger partial charge in [0.15, 0.2) is 0 Å². The van der Waals surface area contributed by atoms with E-state index in [-0.39, 0.29) is 25.0 Å². The number of carbonyl (C=O) groups excluding carboxylic acids is 4. The van der Waals surface area contributed by atoms with Crippen LogP contribution in [0.2, 0.25) is 0 Å². The van der Waals surface area contributed by atoms with Crippen molar-refractivity contribution in [3.05, 3.63) is 65.7 Å². The van der Waals surface area contributed by atoms with E-state index >= 15 is 0 Å². The second-order valence-corrected chi connectivity index (χ2v) is 9.64. The molecule has 0 spiro atoms. The predicted octanol–water partition coefficient (Wildman–Crippen LogP) is -0.952. The highest BCUT2D eigenvalue weighted by Crippen LogP contribution is 2.11. The molecule has 13 heteroatoms. The smallest absolute Gasteiger partial charge is 0.326 e. The molecule has 4 atom stereocenters. The Kier molecular flexibility index (Phi) is 13.2. The second kappa shape index (κ2) is 16.6. The molecule has 0 bridgehead atoms. The molecule has 4 amide bonds. The number of carbonyl (C=O) groups is 5. The zero-order valence-corrected chi connectivity index (χ0v) is 22.6. The number of carboxylic acid groups (broad SMARTS) is 1. The Labute approximate surface area is 237 Å². The Morgan fingerprint density at radius 2 is 1.29 bits per heavy atom. The lowest BCUT2D eigenvalue weighted by Gasteiger charge is -2.25. The molecule has 11 N–H and O–H groups in total. The SMILES string of the molecule is NCCCCC(NC(=O)C(Cc1ccccc1)NC(=O)C(CC(N)=O)NC(=O)C(N)Cc1ccc(O)cc1)C(=O)O. The van der Waals surface area contributed by atoms with E-state index in [1.165, 1.54) is 12.1 Å². The number of amides is 4. The molecule has 2 aromatic carbocycles. The first kappa shape index (κ1) is 32.7. The lowest BCUT2D eigenvalue weighted by molar-refractivity contribution is -0.142. The van der Waals surface area contributed by atoms with Crippen molar-refractivity contribution >= 4 is 29.6 Å². The van der Waals surface area contributed by atoms with Crippen LogP contribution in [0.1, 0.15) is 36.8 Å². The Morgan fingerprint density at radius 1 is 0.732 bits per heavy atom. The highest BCUT2D eigenvalue weighted by molar-refractivity contribution is 5.96. The van der Waals surface area contributed by atoms with Crippen LogP contribution in [0.5, 0.6) is 5.75 Å². The van der Waals surface area contributed by atoms with Crippen molar-refractivity contribution in [2.75, 3.05) is 6.54 Å². The van der Waals surface area contributed by atoms with Crippen molar-refractivity contribution < 1.29 is 34.2 Å². The summed E-state index contributed by atoms with van der Waals surface area (Å²) in [5.41, 5.74) is 18.1. The minimum atomic E-state index is -1.45. The standard InChI is InChI=1S/C28H38N6O7/c29-13-5-4-8-21(28(40)41)32-26(38)22(15-17-6-2-1-3-7-17)34-27(39)23(16-24(31)36)33-25(37)20(30)14-18-9-11-19(35)12-10-18/h1-3,6-7,9-12,20-23,35H,4-5,8,13-16,29-30H2,(H2,31,36)(H,32,38)(H,33,37)(H,34,39)(H,40,41). The molecule has 0 aliphatic carbocycles. The molecule has 222 valence electrons. The molecule has 2 aromatic rings. The Hall–Kier alpha value is -4.49. The fourth-order valence-corrected chi connectivity index (χ4v) is 4.02. The number of nitrogens with two attached hydrogens (primary N) is 3. The number of hydrogen-bond donors (Lipinski definition) is 8. The maximum atomic E-state index is 13.3. The highest BCUT2D eigenvalue weighted by atomic mass is 16.4. The first-order valence-electron chi connectivity index (χ1n) is 13.2. The topological polar surface area (TPSA) is 240 Å². The van der Waals surface area contributed by atoms with Gasteiger partial charge in [-0.05, 0) is 55.5 Å². The average Bonchev–Trinajstić information content (AvgIpc) is 2.93. The second-order valence-electron chi connectivity index (χ2n) is 9.64. The number of aromatic hydroxyl groups is 1. The summed E-state index contributed by atoms with van der Waals surface area (Å²) in [7, 11) is 0. The Bertz CT molecular complexity index is 1180. The molecular weight excluding hydrogens is 532 g/mol. The maximum absolute atomic E-state index is 13.3. The molecule has 0 aromatic heterocycles. The van der Waals surface area contributed by atoms with E-state index < -0.39 is 60.2 Å². The minimum Gasteiger partial charge on any atom is -0.508 e. The largest absolute Gasteiger partial charge is 0.508 e. The van der Waals surface area contributed by atoms with Gasteiger partial charge >= 0.3 is 5.97 Å². The van der Waals surface area contributed by atoms with Crippen LogP contribution in [0.25, 0.3) is 0 Å². The van der Waals surface area contributed by atoms with E-state index in [0.717, 1.165) is 0 Å². The van der Waals surface area contributed by atoms with Gasteiger partial charge < -0.3 is 43.4 Å². The van der Waals surface area contributed by atoms with Gasteiger partial charge in [0.25, 0.3) is 0 Å². The van der Waals surface area contributed by atoms with Crippen LogP contribution in [-0.2, 0) is 36.8 Å². The monoisotopic (exact) mass is 570 g/mol. The van der Waals surface area contributed by atoms with Crippen molar-refractivity contribution in [3.8, 4) is 5.75 Å². The van der Waals surface area contributed by atoms with Crippen molar-refractivity contribution in [1.29, 1.82) is 0 Å². The quantitative estimate of drug-likeness (QED) is 0.109. The van der Waals surface area contributed by atoms with Gasteiger partial charge in [-0.2, -0.15) is 0 Å². The number of rotatable bonds is 17. The summed E-state index contributed by atoms with van der Waals surface area (Å²) in [4.78, 5) is 62.7. The van der Waals surface area contributed by atoms with Crippen LogP contribution in [0.4, 0.5) is 0 Å². The van der Waals surface area contributed by atoms with Crippen LogP contribution in [0.15, 0.2) is 54.6 Å². The molecule has 0 aliphatic heterocycles. The summed E-state index contributed by atoms with van der Waals surface area (Å²) < 4.78 is 0. The molecule has 0 saturated heterocycles. The van der Waals surface area contributed by atoms with E-state index in [1.807, 2.05) is 0 Å². The number of benzene rings is 2. The zero-order valence-electron chi connectivity index (χ0n) is 22.6. The normalized spacial score (nSPS) is 13.7. The molecule has 4 unspecified atom stereocenters. The number of phenols is 1. The minimum absolute atomic E-state index is 0.00512. The number of primary amides is 1. The van der Waals surface area contributed by atoms with E-state index in [1.54, 1.807) is 42.5 Å². The van der Waals surface area contributed by atoms with Crippen LogP contribution in [0.3, 0.4) is 0 Å². The summed E-state index contributed by atoms with van der Waals surface area (Å²) >= 11 is 0. The summed E-state index contributed by atoms with van der Waals surface area (Å²) in [5, 5.41) is 26.4. The summed E-state index contributed by atoms with van der Waals surface area (Å²) in [5.74, 6) is -4.44. The molecule has 0 aliphatic rings. The molecule has 13 nitrogen and oxygen atoms in total. The third kappa shape index (κ3) is 11.6. The van der Waals surface area contributed by atoms with Gasteiger partial charge in [0.1, 0.15) is 23.9 Å². The third-order valence-corrected chi connectivity index (χ3v) is 6.24. The number of carboxylic acids is 1. The number of unbranched alkanes of at least 4 members (excludes halogenated alkanes) is 1. The first-order chi connectivity index (χ1) is 19.5. The van der Waals surface area contributed by atoms with Crippen LogP contribution >= 0.6 is 0 Å². The highest BCUT2D eigenvalue weighted by Gasteiger charge is 2.31. The van der Waals surface area contributed by atoms with Gasteiger partial charge in [0.05, 0.1) is 12.5 Å². The van der Waals surface area contributed by atoms with E-state index in [2.05, 4.69) is 16.0 Å². The number of aliphatic carboxylic acids is 1. The molecule has 2 rings (SSSR count). The van der Waals surface area contributed by atoms with E-state index in [9.17, 15) is 34.2 Å². The lowest BCUT2D eigenvalue weighted by Crippen LogP contribution is -2.58. The number of phenolic OH excluding ortho intramolecular Hbond substituents is 1. The van der Waals surface area contributed by atoms with Crippen LogP contribution in [0, 0.1) is 0 Å². The van der Waals surface area contributed by atoms with Crippen molar-refractivity contribution in [2.45, 2.75) is 62.7 Å². The summed E-state index contributed by atoms with van der Waals surface area (Å²) in [6.45, 7) is 0.374. The molecule has 0 fully saturated rings. The first-order valence-corrected chi connectivity index (χ1v) is 13.2. The lowest BCUT2D eigenvalue weighted by atomic mass is 10.0. The maximum Gasteiger partial charge on any atom is 0.326 e.